The number of carbonyl (C=O) groups is 1. The smallest absolute Gasteiger partial charge is 0.254 e. The molecule has 1 fully saturated rings. The second kappa shape index (κ2) is 6.80. The largest absolute Gasteiger partial charge is 0.356 e. The fourth-order valence-electron chi connectivity index (χ4n) is 2.59. The SMILES string of the molecule is CNC(=O)c1cccnc1N1CCCC(CSC)C1. The van der Waals surface area contributed by atoms with E-state index >= 15 is 0 Å². The van der Waals surface area contributed by atoms with Crippen LogP contribution in [-0.4, -0.2) is 43.0 Å². The summed E-state index contributed by atoms with van der Waals surface area (Å²) in [5.74, 6) is 2.64. The van der Waals surface area contributed by atoms with Gasteiger partial charge in [-0.15, -0.1) is 0 Å². The monoisotopic (exact) mass is 279 g/mol. The Labute approximate surface area is 119 Å². The van der Waals surface area contributed by atoms with Gasteiger partial charge in [0.2, 0.25) is 0 Å². The van der Waals surface area contributed by atoms with Gasteiger partial charge in [-0.1, -0.05) is 0 Å². The van der Waals surface area contributed by atoms with E-state index in [2.05, 4.69) is 21.5 Å². The van der Waals surface area contributed by atoms with Crippen LogP contribution in [0.25, 0.3) is 0 Å². The Bertz CT molecular complexity index is 436. The Morgan fingerprint density at radius 3 is 3.21 bits per heavy atom. The van der Waals surface area contributed by atoms with Gasteiger partial charge in [-0.05, 0) is 42.9 Å². The van der Waals surface area contributed by atoms with E-state index in [1.807, 2.05) is 23.9 Å². The highest BCUT2D eigenvalue weighted by Gasteiger charge is 2.23. The first-order chi connectivity index (χ1) is 9.26. The third-order valence-corrected chi connectivity index (χ3v) is 4.28. The number of hydrogen-bond donors (Lipinski definition) is 1. The topological polar surface area (TPSA) is 45.2 Å². The maximum absolute atomic E-state index is 11.9. The molecule has 0 saturated carbocycles. The van der Waals surface area contributed by atoms with Crippen LogP contribution in [-0.2, 0) is 0 Å². The van der Waals surface area contributed by atoms with Crippen LogP contribution in [0.4, 0.5) is 5.82 Å². The van der Waals surface area contributed by atoms with Gasteiger partial charge in [0, 0.05) is 26.3 Å². The van der Waals surface area contributed by atoms with E-state index in [0.29, 0.717) is 11.5 Å². The summed E-state index contributed by atoms with van der Waals surface area (Å²) in [5, 5.41) is 2.69. The highest BCUT2D eigenvalue weighted by Crippen LogP contribution is 2.25. The molecule has 0 aliphatic carbocycles. The number of piperidine rings is 1. The van der Waals surface area contributed by atoms with Crippen LogP contribution >= 0.6 is 11.8 Å². The van der Waals surface area contributed by atoms with Crippen LogP contribution in [0.1, 0.15) is 23.2 Å². The van der Waals surface area contributed by atoms with Crippen LogP contribution in [0.15, 0.2) is 18.3 Å². The van der Waals surface area contributed by atoms with Gasteiger partial charge >= 0.3 is 0 Å². The molecule has 19 heavy (non-hydrogen) atoms. The minimum Gasteiger partial charge on any atom is -0.356 e. The maximum atomic E-state index is 11.9. The third kappa shape index (κ3) is 3.41. The zero-order valence-electron chi connectivity index (χ0n) is 11.6. The van der Waals surface area contributed by atoms with Gasteiger partial charge in [-0.3, -0.25) is 4.79 Å². The summed E-state index contributed by atoms with van der Waals surface area (Å²) in [6.07, 6.45) is 6.37. The maximum Gasteiger partial charge on any atom is 0.254 e. The molecule has 1 atom stereocenters. The lowest BCUT2D eigenvalue weighted by molar-refractivity contribution is 0.0963. The van der Waals surface area contributed by atoms with Crippen molar-refractivity contribution in [3.05, 3.63) is 23.9 Å². The van der Waals surface area contributed by atoms with Crippen molar-refractivity contribution in [2.45, 2.75) is 12.8 Å². The summed E-state index contributed by atoms with van der Waals surface area (Å²) in [6.45, 7) is 1.99. The van der Waals surface area contributed by atoms with Crippen LogP contribution in [0, 0.1) is 5.92 Å². The number of amides is 1. The molecule has 4 nitrogen and oxygen atoms in total. The number of pyridine rings is 1. The van der Waals surface area contributed by atoms with Crippen molar-refractivity contribution < 1.29 is 4.79 Å². The fraction of sp³-hybridized carbons (Fsp3) is 0.571. The molecule has 1 aliphatic heterocycles. The molecule has 0 bridgehead atoms. The van der Waals surface area contributed by atoms with Gasteiger partial charge in [-0.2, -0.15) is 11.8 Å². The molecule has 1 aliphatic rings. The van der Waals surface area contributed by atoms with Crippen molar-refractivity contribution in [3.63, 3.8) is 0 Å². The lowest BCUT2D eigenvalue weighted by Crippen LogP contribution is -2.38. The normalized spacial score (nSPS) is 19.3. The van der Waals surface area contributed by atoms with Crippen molar-refractivity contribution in [1.29, 1.82) is 0 Å². The first kappa shape index (κ1) is 14.2. The molecule has 1 unspecified atom stereocenters. The van der Waals surface area contributed by atoms with Crippen molar-refractivity contribution in [2.24, 2.45) is 5.92 Å². The minimum absolute atomic E-state index is 0.0601. The molecule has 1 aromatic heterocycles. The highest BCUT2D eigenvalue weighted by atomic mass is 32.2. The average molecular weight is 279 g/mol. The van der Waals surface area contributed by atoms with E-state index in [0.717, 1.165) is 18.9 Å². The predicted molar refractivity (Wildman–Crippen MR) is 80.9 cm³/mol. The van der Waals surface area contributed by atoms with Crippen LogP contribution < -0.4 is 10.2 Å². The second-order valence-corrected chi connectivity index (χ2v) is 5.77. The van der Waals surface area contributed by atoms with Gasteiger partial charge < -0.3 is 10.2 Å². The number of rotatable bonds is 4. The molecule has 2 rings (SSSR count). The molecular formula is C14H21N3OS. The van der Waals surface area contributed by atoms with Crippen molar-refractivity contribution in [1.82, 2.24) is 10.3 Å². The van der Waals surface area contributed by atoms with Crippen LogP contribution in [0.3, 0.4) is 0 Å². The van der Waals surface area contributed by atoms with Gasteiger partial charge in [0.05, 0.1) is 5.56 Å². The number of carbonyl (C=O) groups excluding carboxylic acids is 1. The predicted octanol–water partition coefficient (Wildman–Crippen LogP) is 2.02. The fourth-order valence-corrected chi connectivity index (χ4v) is 3.33. The molecule has 1 amide bonds. The molecule has 0 radical (unpaired) electrons. The van der Waals surface area contributed by atoms with E-state index in [-0.39, 0.29) is 5.91 Å². The van der Waals surface area contributed by atoms with Gasteiger partial charge in [-0.25, -0.2) is 4.98 Å². The summed E-state index contributed by atoms with van der Waals surface area (Å²) in [6, 6.07) is 3.66. The Hall–Kier alpha value is -1.23. The first-order valence-corrected chi connectivity index (χ1v) is 8.06. The number of thioether (sulfide) groups is 1. The average Bonchev–Trinajstić information content (AvgIpc) is 2.47. The van der Waals surface area contributed by atoms with Gasteiger partial charge in [0.25, 0.3) is 5.91 Å². The van der Waals surface area contributed by atoms with Gasteiger partial charge in [0.1, 0.15) is 5.82 Å². The molecule has 104 valence electrons. The highest BCUT2D eigenvalue weighted by molar-refractivity contribution is 7.98. The number of anilines is 1. The molecule has 5 heteroatoms. The lowest BCUT2D eigenvalue weighted by Gasteiger charge is -2.34. The quantitative estimate of drug-likeness (QED) is 0.916. The minimum atomic E-state index is -0.0601. The summed E-state index contributed by atoms with van der Waals surface area (Å²) < 4.78 is 0. The summed E-state index contributed by atoms with van der Waals surface area (Å²) in [7, 11) is 1.66. The second-order valence-electron chi connectivity index (χ2n) is 4.86. The van der Waals surface area contributed by atoms with E-state index < -0.39 is 0 Å². The van der Waals surface area contributed by atoms with Gasteiger partial charge in [0.15, 0.2) is 0 Å². The summed E-state index contributed by atoms with van der Waals surface area (Å²) in [4.78, 5) is 18.6. The Kier molecular flexibility index (Phi) is 5.07. The molecule has 2 heterocycles. The lowest BCUT2D eigenvalue weighted by atomic mass is 9.99. The molecular weight excluding hydrogens is 258 g/mol. The Morgan fingerprint density at radius 2 is 2.47 bits per heavy atom. The Morgan fingerprint density at radius 1 is 1.63 bits per heavy atom. The van der Waals surface area contributed by atoms with E-state index in [1.165, 1.54) is 18.6 Å². The van der Waals surface area contributed by atoms with Crippen molar-refractivity contribution >= 4 is 23.5 Å². The number of nitrogens with zero attached hydrogens (tertiary/aromatic N) is 2. The van der Waals surface area contributed by atoms with Crippen LogP contribution in [0.5, 0.6) is 0 Å². The number of hydrogen-bond acceptors (Lipinski definition) is 4. The zero-order valence-corrected chi connectivity index (χ0v) is 12.4. The van der Waals surface area contributed by atoms with E-state index in [1.54, 1.807) is 13.2 Å². The molecule has 0 aromatic carbocycles. The van der Waals surface area contributed by atoms with Crippen LogP contribution in [0.2, 0.25) is 0 Å². The molecule has 1 N–H and O–H groups in total. The van der Waals surface area contributed by atoms with Crippen molar-refractivity contribution in [3.8, 4) is 0 Å². The summed E-state index contributed by atoms with van der Waals surface area (Å²) >= 11 is 1.89. The standard InChI is InChI=1S/C14H21N3OS/c1-15-14(18)12-6-3-7-16-13(12)17-8-4-5-11(9-17)10-19-2/h3,6-7,11H,4-5,8-10H2,1-2H3,(H,15,18). The van der Waals surface area contributed by atoms with E-state index in [9.17, 15) is 4.79 Å². The third-order valence-electron chi connectivity index (χ3n) is 3.48. The zero-order chi connectivity index (χ0) is 13.7. The van der Waals surface area contributed by atoms with E-state index in [4.69, 9.17) is 0 Å². The van der Waals surface area contributed by atoms with Crippen molar-refractivity contribution in [2.75, 3.05) is 37.0 Å². The molecule has 1 aromatic rings. The Balaban J connectivity index is 2.19. The molecule has 0 spiro atoms. The first-order valence-electron chi connectivity index (χ1n) is 6.67. The number of aromatic nitrogens is 1. The molecule has 1 saturated heterocycles. The summed E-state index contributed by atoms with van der Waals surface area (Å²) in [5.41, 5.74) is 0.676. The number of nitrogens with one attached hydrogen (secondary N) is 1.